The average Bonchev–Trinajstić information content (AvgIpc) is 3.44. The average molecular weight is 609 g/mol. The quantitative estimate of drug-likeness (QED) is 0.337. The summed E-state index contributed by atoms with van der Waals surface area (Å²) in [5, 5.41) is 2.77. The zero-order valence-electron chi connectivity index (χ0n) is 25.2. The van der Waals surface area contributed by atoms with E-state index in [0.29, 0.717) is 36.9 Å². The number of piperidine rings is 1. The monoisotopic (exact) mass is 608 g/mol. The summed E-state index contributed by atoms with van der Waals surface area (Å²) in [6, 6.07) is 14.8. The number of para-hydroxylation sites is 1. The summed E-state index contributed by atoms with van der Waals surface area (Å²) in [4.78, 5) is 36.3. The van der Waals surface area contributed by atoms with Crippen LogP contribution in [0.15, 0.2) is 54.6 Å². The molecule has 6 rings (SSSR count). The Morgan fingerprint density at radius 1 is 1.00 bits per heavy atom. The first kappa shape index (κ1) is 30.2. The van der Waals surface area contributed by atoms with Crippen molar-refractivity contribution >= 4 is 23.3 Å². The van der Waals surface area contributed by atoms with Crippen LogP contribution < -0.4 is 10.2 Å². The number of hydrogen-bond donors (Lipinski definition) is 1. The molecule has 8 nitrogen and oxygen atoms in total. The SMILES string of the molecule is CC(=O)N1CCc2c(nc(C)n2C2C[C@H]3CC[C@@H](C2)N3CCCN(C(=O)Nc2ccc(C(F)(F)F)cc2)c2ccccc2)C1. The maximum Gasteiger partial charge on any atom is 0.416 e. The molecule has 11 heteroatoms. The van der Waals surface area contributed by atoms with Gasteiger partial charge in [-0.05, 0) is 75.4 Å². The van der Waals surface area contributed by atoms with E-state index < -0.39 is 11.7 Å². The molecule has 44 heavy (non-hydrogen) atoms. The third-order valence-electron chi connectivity index (χ3n) is 9.47. The number of alkyl halides is 3. The van der Waals surface area contributed by atoms with Crippen molar-refractivity contribution in [2.75, 3.05) is 29.9 Å². The lowest BCUT2D eigenvalue weighted by Gasteiger charge is -2.41. The molecular formula is C33H39F3N6O2. The number of urea groups is 1. The summed E-state index contributed by atoms with van der Waals surface area (Å²) >= 11 is 0. The van der Waals surface area contributed by atoms with Crippen molar-refractivity contribution in [3.05, 3.63) is 77.4 Å². The molecule has 1 N–H and O–H groups in total. The molecule has 0 radical (unpaired) electrons. The van der Waals surface area contributed by atoms with E-state index in [1.165, 1.54) is 17.8 Å². The fourth-order valence-corrected chi connectivity index (χ4v) is 7.42. The molecule has 4 heterocycles. The van der Waals surface area contributed by atoms with Crippen LogP contribution in [0.1, 0.15) is 67.8 Å². The molecule has 2 saturated heterocycles. The van der Waals surface area contributed by atoms with Gasteiger partial charge in [0, 0.05) is 68.2 Å². The van der Waals surface area contributed by atoms with Crippen molar-refractivity contribution in [2.45, 2.75) is 83.2 Å². The van der Waals surface area contributed by atoms with Crippen LogP contribution in [0.2, 0.25) is 0 Å². The lowest BCUT2D eigenvalue weighted by atomic mass is 9.95. The summed E-state index contributed by atoms with van der Waals surface area (Å²) in [6.45, 7) is 6.38. The van der Waals surface area contributed by atoms with Gasteiger partial charge < -0.3 is 14.8 Å². The largest absolute Gasteiger partial charge is 0.416 e. The molecule has 234 valence electrons. The maximum atomic E-state index is 13.3. The van der Waals surface area contributed by atoms with Crippen molar-refractivity contribution in [1.82, 2.24) is 19.4 Å². The molecule has 3 aromatic rings. The van der Waals surface area contributed by atoms with E-state index in [1.807, 2.05) is 35.2 Å². The van der Waals surface area contributed by atoms with Crippen LogP contribution in [0.5, 0.6) is 0 Å². The molecule has 2 bridgehead atoms. The zero-order valence-corrected chi connectivity index (χ0v) is 25.2. The number of aryl methyl sites for hydroxylation is 1. The summed E-state index contributed by atoms with van der Waals surface area (Å²) in [7, 11) is 0. The topological polar surface area (TPSA) is 73.7 Å². The molecule has 3 aliphatic heterocycles. The first-order valence-corrected chi connectivity index (χ1v) is 15.5. The molecule has 3 aliphatic rings. The highest BCUT2D eigenvalue weighted by molar-refractivity contribution is 6.01. The van der Waals surface area contributed by atoms with Gasteiger partial charge in [0.15, 0.2) is 0 Å². The number of aromatic nitrogens is 2. The number of rotatable bonds is 7. The number of nitrogens with one attached hydrogen (secondary N) is 1. The molecule has 0 saturated carbocycles. The van der Waals surface area contributed by atoms with E-state index in [4.69, 9.17) is 4.98 Å². The Hall–Kier alpha value is -3.86. The Morgan fingerprint density at radius 2 is 1.68 bits per heavy atom. The number of anilines is 2. The Morgan fingerprint density at radius 3 is 2.32 bits per heavy atom. The Labute approximate surface area is 255 Å². The highest BCUT2D eigenvalue weighted by Crippen LogP contribution is 2.42. The van der Waals surface area contributed by atoms with Crippen LogP contribution in [0.25, 0.3) is 0 Å². The Balaban J connectivity index is 1.09. The molecule has 2 aromatic carbocycles. The molecule has 1 aromatic heterocycles. The number of benzene rings is 2. The van der Waals surface area contributed by atoms with E-state index in [2.05, 4.69) is 21.7 Å². The van der Waals surface area contributed by atoms with Crippen molar-refractivity contribution in [3.8, 4) is 0 Å². The third-order valence-corrected chi connectivity index (χ3v) is 9.47. The van der Waals surface area contributed by atoms with Gasteiger partial charge in [0.1, 0.15) is 5.82 Å². The highest BCUT2D eigenvalue weighted by Gasteiger charge is 2.42. The summed E-state index contributed by atoms with van der Waals surface area (Å²) in [6.07, 6.45) is 1.63. The van der Waals surface area contributed by atoms with Gasteiger partial charge in [-0.15, -0.1) is 0 Å². The molecular weight excluding hydrogens is 569 g/mol. The predicted octanol–water partition coefficient (Wildman–Crippen LogP) is 6.41. The van der Waals surface area contributed by atoms with Crippen molar-refractivity contribution in [3.63, 3.8) is 0 Å². The summed E-state index contributed by atoms with van der Waals surface area (Å²) in [5.41, 5.74) is 2.62. The van der Waals surface area contributed by atoms with Gasteiger partial charge in [0.2, 0.25) is 5.91 Å². The second kappa shape index (κ2) is 12.3. The lowest BCUT2D eigenvalue weighted by molar-refractivity contribution is -0.137. The van der Waals surface area contributed by atoms with Crippen LogP contribution in [-0.2, 0) is 23.9 Å². The number of carbonyl (C=O) groups excluding carboxylic acids is 2. The number of carbonyl (C=O) groups is 2. The van der Waals surface area contributed by atoms with Crippen molar-refractivity contribution in [1.29, 1.82) is 0 Å². The van der Waals surface area contributed by atoms with E-state index in [9.17, 15) is 22.8 Å². The van der Waals surface area contributed by atoms with E-state index in [0.717, 1.165) is 81.0 Å². The standard InChI is InChI=1S/C33H39F3N6O2/c1-22-37-30-21-39(23(2)43)18-15-31(30)42(22)29-19-27-13-14-28(20-29)40(27)16-6-17-41(26-7-4-3-5-8-26)32(44)38-25-11-9-24(10-12-25)33(34,35)36/h3-5,7-12,27-29H,6,13-21H2,1-2H3,(H,38,44)/t27-,28+,29?. The molecule has 3 atom stereocenters. The third kappa shape index (κ3) is 6.20. The van der Waals surface area contributed by atoms with Gasteiger partial charge in [-0.1, -0.05) is 18.2 Å². The second-order valence-corrected chi connectivity index (χ2v) is 12.2. The van der Waals surface area contributed by atoms with Crippen LogP contribution in [0.3, 0.4) is 0 Å². The zero-order chi connectivity index (χ0) is 31.0. The molecule has 1 unspecified atom stereocenters. The van der Waals surface area contributed by atoms with Gasteiger partial charge in [0.25, 0.3) is 0 Å². The maximum absolute atomic E-state index is 13.3. The van der Waals surface area contributed by atoms with Gasteiger partial charge in [0.05, 0.1) is 17.8 Å². The van der Waals surface area contributed by atoms with Gasteiger partial charge in [-0.25, -0.2) is 9.78 Å². The second-order valence-electron chi connectivity index (χ2n) is 12.2. The number of fused-ring (bicyclic) bond motifs is 3. The van der Waals surface area contributed by atoms with Crippen LogP contribution in [0, 0.1) is 6.92 Å². The lowest BCUT2D eigenvalue weighted by Crippen LogP contribution is -2.45. The Bertz CT molecular complexity index is 1480. The number of halogens is 3. The molecule has 2 fully saturated rings. The fourth-order valence-electron chi connectivity index (χ4n) is 7.42. The number of nitrogens with zero attached hydrogens (tertiary/aromatic N) is 5. The number of imidazole rings is 1. The first-order chi connectivity index (χ1) is 21.1. The van der Waals surface area contributed by atoms with E-state index >= 15 is 0 Å². The van der Waals surface area contributed by atoms with Gasteiger partial charge in [-0.2, -0.15) is 13.2 Å². The fraction of sp³-hybridized carbons (Fsp3) is 0.485. The van der Waals surface area contributed by atoms with E-state index in [-0.39, 0.29) is 11.9 Å². The minimum atomic E-state index is -4.43. The highest BCUT2D eigenvalue weighted by atomic mass is 19.4. The summed E-state index contributed by atoms with van der Waals surface area (Å²) < 4.78 is 41.4. The van der Waals surface area contributed by atoms with Crippen LogP contribution in [-0.4, -0.2) is 63.0 Å². The normalized spacial score (nSPS) is 21.7. The molecule has 3 amide bonds. The van der Waals surface area contributed by atoms with Gasteiger partial charge >= 0.3 is 12.2 Å². The minimum absolute atomic E-state index is 0.0945. The molecule has 0 aliphatic carbocycles. The minimum Gasteiger partial charge on any atom is -0.337 e. The van der Waals surface area contributed by atoms with Crippen LogP contribution >= 0.6 is 0 Å². The molecule has 0 spiro atoms. The number of amides is 3. The Kier molecular flexibility index (Phi) is 8.41. The van der Waals surface area contributed by atoms with E-state index in [1.54, 1.807) is 11.8 Å². The van der Waals surface area contributed by atoms with Crippen molar-refractivity contribution < 1.29 is 22.8 Å². The summed E-state index contributed by atoms with van der Waals surface area (Å²) in [5.74, 6) is 1.13. The first-order valence-electron chi connectivity index (χ1n) is 15.5. The van der Waals surface area contributed by atoms with Crippen molar-refractivity contribution in [2.24, 2.45) is 0 Å². The van der Waals surface area contributed by atoms with Gasteiger partial charge in [-0.3, -0.25) is 14.6 Å². The number of hydrogen-bond acceptors (Lipinski definition) is 4. The van der Waals surface area contributed by atoms with Crippen LogP contribution in [0.4, 0.5) is 29.3 Å². The predicted molar refractivity (Wildman–Crippen MR) is 162 cm³/mol. The smallest absolute Gasteiger partial charge is 0.337 e.